The molecule has 0 spiro atoms. The quantitative estimate of drug-likeness (QED) is 0.741. The minimum Gasteiger partial charge on any atom is -0.465 e. The number of methoxy groups -OCH3 is 1. The number of hydrogen-bond acceptors (Lipinski definition) is 6. The van der Waals surface area contributed by atoms with E-state index in [9.17, 15) is 14.4 Å². The molecule has 0 saturated carbocycles. The van der Waals surface area contributed by atoms with Crippen LogP contribution in [0.25, 0.3) is 0 Å². The lowest BCUT2D eigenvalue weighted by molar-refractivity contribution is -0.114. The van der Waals surface area contributed by atoms with Crippen molar-refractivity contribution >= 4 is 29.2 Å². The molecule has 7 nitrogen and oxygen atoms in total. The molecule has 0 aliphatic heterocycles. The standard InChI is InChI=1S/C19H20N2O5/c1-3-26-19(24)13-8-4-6-10-15(13)20-12-17(22)21-16-11-7-5-9-14(16)18(23)25-2/h4-11,20H,3,12H2,1-2H3,(H,21,22). The van der Waals surface area contributed by atoms with Gasteiger partial charge in [0, 0.05) is 5.69 Å². The highest BCUT2D eigenvalue weighted by atomic mass is 16.5. The predicted octanol–water partition coefficient (Wildman–Crippen LogP) is 2.70. The van der Waals surface area contributed by atoms with Crippen LogP contribution in [0.3, 0.4) is 0 Å². The Morgan fingerprint density at radius 1 is 0.885 bits per heavy atom. The van der Waals surface area contributed by atoms with Crippen molar-refractivity contribution in [3.05, 3.63) is 59.7 Å². The molecule has 136 valence electrons. The van der Waals surface area contributed by atoms with Gasteiger partial charge < -0.3 is 20.1 Å². The number of amides is 1. The molecule has 0 aliphatic rings. The van der Waals surface area contributed by atoms with Crippen LogP contribution in [0.15, 0.2) is 48.5 Å². The average Bonchev–Trinajstić information content (AvgIpc) is 2.66. The summed E-state index contributed by atoms with van der Waals surface area (Å²) in [5.41, 5.74) is 1.44. The number of rotatable bonds is 7. The van der Waals surface area contributed by atoms with E-state index in [1.54, 1.807) is 55.5 Å². The molecule has 0 fully saturated rings. The second-order valence-corrected chi connectivity index (χ2v) is 5.20. The molecule has 0 radical (unpaired) electrons. The third kappa shape index (κ3) is 4.83. The Hall–Kier alpha value is -3.35. The second kappa shape index (κ2) is 9.22. The summed E-state index contributed by atoms with van der Waals surface area (Å²) in [5, 5.41) is 5.56. The molecular weight excluding hydrogens is 336 g/mol. The zero-order valence-corrected chi connectivity index (χ0v) is 14.6. The molecule has 26 heavy (non-hydrogen) atoms. The highest BCUT2D eigenvalue weighted by Crippen LogP contribution is 2.18. The molecule has 1 amide bonds. The van der Waals surface area contributed by atoms with Crippen molar-refractivity contribution in [1.82, 2.24) is 0 Å². The normalized spacial score (nSPS) is 9.92. The van der Waals surface area contributed by atoms with Gasteiger partial charge >= 0.3 is 11.9 Å². The van der Waals surface area contributed by atoms with E-state index in [0.29, 0.717) is 16.9 Å². The summed E-state index contributed by atoms with van der Waals surface area (Å²) >= 11 is 0. The van der Waals surface area contributed by atoms with Crippen molar-refractivity contribution in [3.8, 4) is 0 Å². The molecule has 2 rings (SSSR count). The number of ether oxygens (including phenoxy) is 2. The molecule has 0 heterocycles. The van der Waals surface area contributed by atoms with Crippen LogP contribution in [0.4, 0.5) is 11.4 Å². The molecule has 2 aromatic carbocycles. The van der Waals surface area contributed by atoms with Gasteiger partial charge in [-0.05, 0) is 31.2 Å². The van der Waals surface area contributed by atoms with Gasteiger partial charge in [-0.25, -0.2) is 9.59 Å². The summed E-state index contributed by atoms with van der Waals surface area (Å²) in [5.74, 6) is -1.38. The van der Waals surface area contributed by atoms with Crippen LogP contribution in [-0.2, 0) is 14.3 Å². The molecule has 7 heteroatoms. The van der Waals surface area contributed by atoms with Gasteiger partial charge in [0.25, 0.3) is 0 Å². The Labute approximate surface area is 151 Å². The average molecular weight is 356 g/mol. The zero-order chi connectivity index (χ0) is 18.9. The SMILES string of the molecule is CCOC(=O)c1ccccc1NCC(=O)Nc1ccccc1C(=O)OC. The fourth-order valence-electron chi connectivity index (χ4n) is 2.27. The maximum absolute atomic E-state index is 12.2. The lowest BCUT2D eigenvalue weighted by Gasteiger charge is -2.12. The Morgan fingerprint density at radius 2 is 1.46 bits per heavy atom. The maximum Gasteiger partial charge on any atom is 0.340 e. The van der Waals surface area contributed by atoms with Gasteiger partial charge in [0.05, 0.1) is 37.1 Å². The van der Waals surface area contributed by atoms with Gasteiger partial charge in [0.1, 0.15) is 0 Å². The van der Waals surface area contributed by atoms with Crippen molar-refractivity contribution < 1.29 is 23.9 Å². The van der Waals surface area contributed by atoms with Gasteiger partial charge in [-0.2, -0.15) is 0 Å². The van der Waals surface area contributed by atoms with Crippen LogP contribution < -0.4 is 10.6 Å². The summed E-state index contributed by atoms with van der Waals surface area (Å²) < 4.78 is 9.69. The third-order valence-corrected chi connectivity index (χ3v) is 3.47. The van der Waals surface area contributed by atoms with Crippen molar-refractivity contribution in [3.63, 3.8) is 0 Å². The minimum atomic E-state index is -0.540. The third-order valence-electron chi connectivity index (χ3n) is 3.47. The van der Waals surface area contributed by atoms with Gasteiger partial charge in [-0.3, -0.25) is 4.79 Å². The fourth-order valence-corrected chi connectivity index (χ4v) is 2.27. The first-order valence-corrected chi connectivity index (χ1v) is 8.04. The van der Waals surface area contributed by atoms with Crippen molar-refractivity contribution in [2.75, 3.05) is 30.9 Å². The molecule has 0 bridgehead atoms. The summed E-state index contributed by atoms with van der Waals surface area (Å²) in [7, 11) is 1.27. The maximum atomic E-state index is 12.2. The highest BCUT2D eigenvalue weighted by Gasteiger charge is 2.15. The lowest BCUT2D eigenvalue weighted by atomic mass is 10.1. The number of carbonyl (C=O) groups is 3. The second-order valence-electron chi connectivity index (χ2n) is 5.20. The smallest absolute Gasteiger partial charge is 0.340 e. The molecular formula is C19H20N2O5. The van der Waals surface area contributed by atoms with Crippen molar-refractivity contribution in [1.29, 1.82) is 0 Å². The molecule has 0 unspecified atom stereocenters. The van der Waals surface area contributed by atoms with Crippen LogP contribution in [0.1, 0.15) is 27.6 Å². The summed E-state index contributed by atoms with van der Waals surface area (Å²) in [6.07, 6.45) is 0. The number of carbonyl (C=O) groups excluding carboxylic acids is 3. The Kier molecular flexibility index (Phi) is 6.73. The summed E-state index contributed by atoms with van der Waals surface area (Å²) in [6.45, 7) is 1.89. The van der Waals surface area contributed by atoms with E-state index in [-0.39, 0.29) is 24.6 Å². The van der Waals surface area contributed by atoms with Crippen molar-refractivity contribution in [2.24, 2.45) is 0 Å². The Balaban J connectivity index is 2.05. The monoisotopic (exact) mass is 356 g/mol. The van der Waals surface area contributed by atoms with E-state index in [4.69, 9.17) is 9.47 Å². The lowest BCUT2D eigenvalue weighted by Crippen LogP contribution is -2.24. The predicted molar refractivity (Wildman–Crippen MR) is 97.3 cm³/mol. The van der Waals surface area contributed by atoms with Crippen molar-refractivity contribution in [2.45, 2.75) is 6.92 Å². The van der Waals surface area contributed by atoms with E-state index < -0.39 is 11.9 Å². The molecule has 0 aliphatic carbocycles. The number of benzene rings is 2. The first-order chi connectivity index (χ1) is 12.6. The van der Waals surface area contributed by atoms with Crippen LogP contribution in [0.2, 0.25) is 0 Å². The highest BCUT2D eigenvalue weighted by molar-refractivity contribution is 6.02. The van der Waals surface area contributed by atoms with E-state index in [2.05, 4.69) is 10.6 Å². The number of hydrogen-bond donors (Lipinski definition) is 2. The molecule has 2 N–H and O–H groups in total. The molecule has 0 atom stereocenters. The van der Waals surface area contributed by atoms with Gasteiger partial charge in [-0.15, -0.1) is 0 Å². The Bertz CT molecular complexity index is 804. The fraction of sp³-hybridized carbons (Fsp3) is 0.211. The first kappa shape index (κ1) is 19.0. The number of para-hydroxylation sites is 2. The zero-order valence-electron chi connectivity index (χ0n) is 14.6. The van der Waals surface area contributed by atoms with E-state index in [1.165, 1.54) is 7.11 Å². The minimum absolute atomic E-state index is 0.0913. The molecule has 0 saturated heterocycles. The summed E-state index contributed by atoms with van der Waals surface area (Å²) in [6, 6.07) is 13.3. The van der Waals surface area contributed by atoms with Gasteiger partial charge in [0.2, 0.25) is 5.91 Å². The van der Waals surface area contributed by atoms with Crippen LogP contribution in [0.5, 0.6) is 0 Å². The number of anilines is 2. The van der Waals surface area contributed by atoms with Gasteiger partial charge in [-0.1, -0.05) is 24.3 Å². The topological polar surface area (TPSA) is 93.7 Å². The first-order valence-electron chi connectivity index (χ1n) is 8.04. The van der Waals surface area contributed by atoms with E-state index in [1.807, 2.05) is 0 Å². The largest absolute Gasteiger partial charge is 0.465 e. The molecule has 2 aromatic rings. The van der Waals surface area contributed by atoms with E-state index in [0.717, 1.165) is 0 Å². The van der Waals surface area contributed by atoms with Crippen LogP contribution >= 0.6 is 0 Å². The van der Waals surface area contributed by atoms with Crippen LogP contribution in [-0.4, -0.2) is 38.1 Å². The van der Waals surface area contributed by atoms with Gasteiger partial charge in [0.15, 0.2) is 0 Å². The van der Waals surface area contributed by atoms with Crippen LogP contribution in [0, 0.1) is 0 Å². The number of nitrogens with one attached hydrogen (secondary N) is 2. The number of esters is 2. The Morgan fingerprint density at radius 3 is 2.08 bits per heavy atom. The van der Waals surface area contributed by atoms with E-state index >= 15 is 0 Å². The summed E-state index contributed by atoms with van der Waals surface area (Å²) in [4.78, 5) is 35.9. The molecule has 0 aromatic heterocycles.